The predicted molar refractivity (Wildman–Crippen MR) is 118 cm³/mol. The molecule has 3 aromatic carbocycles. The van der Waals surface area contributed by atoms with E-state index in [9.17, 15) is 4.79 Å². The maximum atomic E-state index is 12.4. The van der Waals surface area contributed by atoms with Crippen LogP contribution in [0.25, 0.3) is 0 Å². The van der Waals surface area contributed by atoms with Crippen LogP contribution in [0.3, 0.4) is 0 Å². The van der Waals surface area contributed by atoms with Crippen LogP contribution >= 0.6 is 12.4 Å². The van der Waals surface area contributed by atoms with E-state index in [-0.39, 0.29) is 30.3 Å². The number of hydrogen-bond donors (Lipinski definition) is 2. The van der Waals surface area contributed by atoms with Crippen LogP contribution in [0.5, 0.6) is 0 Å². The van der Waals surface area contributed by atoms with Gasteiger partial charge in [0.1, 0.15) is 0 Å². The van der Waals surface area contributed by atoms with Crippen molar-refractivity contribution >= 4 is 35.4 Å². The Bertz CT molecular complexity index is 1060. The summed E-state index contributed by atoms with van der Waals surface area (Å²) in [7, 11) is 0. The first-order chi connectivity index (χ1) is 13.8. The first-order valence-electron chi connectivity index (χ1n) is 9.92. The molecule has 2 atom stereocenters. The van der Waals surface area contributed by atoms with Gasteiger partial charge < -0.3 is 15.5 Å². The summed E-state index contributed by atoms with van der Waals surface area (Å²) in [6, 6.07) is 23.4. The van der Waals surface area contributed by atoms with Crippen molar-refractivity contribution in [3.63, 3.8) is 0 Å². The molecule has 0 aromatic heterocycles. The second kappa shape index (κ2) is 6.90. The molecule has 0 spiro atoms. The smallest absolute Gasteiger partial charge is 0.237 e. The lowest BCUT2D eigenvalue weighted by Crippen LogP contribution is -2.47. The zero-order valence-corrected chi connectivity index (χ0v) is 16.7. The van der Waals surface area contributed by atoms with Gasteiger partial charge in [-0.3, -0.25) is 4.79 Å². The molecule has 6 rings (SSSR count). The second-order valence-electron chi connectivity index (χ2n) is 7.81. The van der Waals surface area contributed by atoms with Gasteiger partial charge in [0.15, 0.2) is 0 Å². The van der Waals surface area contributed by atoms with Crippen molar-refractivity contribution in [1.82, 2.24) is 5.32 Å². The molecule has 2 N–H and O–H groups in total. The Morgan fingerprint density at radius 2 is 1.79 bits per heavy atom. The molecule has 3 aromatic rings. The summed E-state index contributed by atoms with van der Waals surface area (Å²) in [6.07, 6.45) is 1.05. The quantitative estimate of drug-likeness (QED) is 0.624. The van der Waals surface area contributed by atoms with Gasteiger partial charge in [-0.05, 0) is 59.5 Å². The second-order valence-corrected chi connectivity index (χ2v) is 7.81. The van der Waals surface area contributed by atoms with Crippen LogP contribution in [-0.4, -0.2) is 12.5 Å². The number of para-hydroxylation sites is 1. The SMILES string of the molecule is Cl.O=C1C2c3ccccc3N1C2c1ccc(Nc2cccc3c2CCNC3)cc1. The van der Waals surface area contributed by atoms with Gasteiger partial charge in [-0.25, -0.2) is 0 Å². The van der Waals surface area contributed by atoms with E-state index in [0.29, 0.717) is 0 Å². The fourth-order valence-corrected chi connectivity index (χ4v) is 4.94. The van der Waals surface area contributed by atoms with Crippen molar-refractivity contribution in [1.29, 1.82) is 0 Å². The number of halogens is 1. The first kappa shape index (κ1) is 18.2. The number of anilines is 3. The van der Waals surface area contributed by atoms with Gasteiger partial charge >= 0.3 is 0 Å². The van der Waals surface area contributed by atoms with E-state index >= 15 is 0 Å². The lowest BCUT2D eigenvalue weighted by Gasteiger charge is -2.38. The molecule has 1 saturated heterocycles. The summed E-state index contributed by atoms with van der Waals surface area (Å²) in [5.41, 5.74) is 8.52. The molecule has 2 bridgehead atoms. The zero-order chi connectivity index (χ0) is 18.7. The third-order valence-corrected chi connectivity index (χ3v) is 6.30. The van der Waals surface area contributed by atoms with E-state index in [2.05, 4.69) is 65.2 Å². The molecule has 3 heterocycles. The number of rotatable bonds is 3. The maximum absolute atomic E-state index is 12.4. The molecule has 1 fully saturated rings. The Morgan fingerprint density at radius 1 is 0.966 bits per heavy atom. The number of hydrogen-bond acceptors (Lipinski definition) is 3. The Kier molecular flexibility index (Phi) is 4.34. The Labute approximate surface area is 176 Å². The lowest BCUT2D eigenvalue weighted by molar-refractivity contribution is -0.125. The van der Waals surface area contributed by atoms with Crippen molar-refractivity contribution < 1.29 is 4.79 Å². The summed E-state index contributed by atoms with van der Waals surface area (Å²) in [6.45, 7) is 1.97. The highest BCUT2D eigenvalue weighted by atomic mass is 35.5. The summed E-state index contributed by atoms with van der Waals surface area (Å²) in [4.78, 5) is 14.4. The van der Waals surface area contributed by atoms with Crippen molar-refractivity contribution in [2.24, 2.45) is 0 Å². The van der Waals surface area contributed by atoms with E-state index in [1.54, 1.807) is 0 Å². The highest BCUT2D eigenvalue weighted by molar-refractivity contribution is 6.13. The molecule has 0 saturated carbocycles. The van der Waals surface area contributed by atoms with E-state index in [1.807, 2.05) is 17.0 Å². The summed E-state index contributed by atoms with van der Waals surface area (Å²) >= 11 is 0. The number of fused-ring (bicyclic) bond motifs is 6. The summed E-state index contributed by atoms with van der Waals surface area (Å²) in [5, 5.41) is 7.02. The lowest BCUT2D eigenvalue weighted by atomic mass is 9.84. The maximum Gasteiger partial charge on any atom is 0.237 e. The molecular weight excluding hydrogens is 382 g/mol. The zero-order valence-electron chi connectivity index (χ0n) is 15.9. The van der Waals surface area contributed by atoms with Crippen LogP contribution < -0.4 is 15.5 Å². The van der Waals surface area contributed by atoms with Crippen LogP contribution in [0.2, 0.25) is 0 Å². The number of β-lactam (4-membered cyclic amide) rings is 1. The third-order valence-electron chi connectivity index (χ3n) is 6.30. The minimum atomic E-state index is -0.0105. The van der Waals surface area contributed by atoms with Crippen molar-refractivity contribution in [2.45, 2.75) is 24.9 Å². The van der Waals surface area contributed by atoms with E-state index in [0.717, 1.165) is 30.9 Å². The normalized spacial score (nSPS) is 21.0. The standard InChI is InChI=1S/C24H21N3O.ClH/c28-24-22-19-5-1-2-7-21(19)27(24)23(22)15-8-10-17(11-9-15)26-20-6-3-4-16-14-25-13-12-18(16)20;/h1-11,22-23,25-26H,12-14H2;1H. The van der Waals surface area contributed by atoms with Crippen molar-refractivity contribution in [3.05, 3.63) is 89.0 Å². The van der Waals surface area contributed by atoms with E-state index < -0.39 is 0 Å². The van der Waals surface area contributed by atoms with Gasteiger partial charge in [-0.1, -0.05) is 42.5 Å². The number of carbonyl (C=O) groups excluding carboxylic acids is 1. The van der Waals surface area contributed by atoms with Crippen LogP contribution in [-0.2, 0) is 17.8 Å². The molecule has 0 aliphatic carbocycles. The third kappa shape index (κ3) is 2.67. The van der Waals surface area contributed by atoms with E-state index in [1.165, 1.54) is 27.9 Å². The van der Waals surface area contributed by atoms with Gasteiger partial charge in [0.2, 0.25) is 5.91 Å². The predicted octanol–water partition coefficient (Wildman–Crippen LogP) is 4.68. The Balaban J connectivity index is 0.00000181. The van der Waals surface area contributed by atoms with Gasteiger partial charge in [0.25, 0.3) is 0 Å². The Hall–Kier alpha value is -2.82. The summed E-state index contributed by atoms with van der Waals surface area (Å²) in [5.74, 6) is 0.224. The highest BCUT2D eigenvalue weighted by Gasteiger charge is 2.56. The minimum absolute atomic E-state index is 0. The largest absolute Gasteiger partial charge is 0.355 e. The average Bonchev–Trinajstić information content (AvgIpc) is 3.24. The fourth-order valence-electron chi connectivity index (χ4n) is 4.94. The van der Waals surface area contributed by atoms with Gasteiger partial charge in [0, 0.05) is 23.6 Å². The number of nitrogens with one attached hydrogen (secondary N) is 2. The van der Waals surface area contributed by atoms with E-state index in [4.69, 9.17) is 0 Å². The highest BCUT2D eigenvalue weighted by Crippen LogP contribution is 2.58. The summed E-state index contributed by atoms with van der Waals surface area (Å²) < 4.78 is 0. The minimum Gasteiger partial charge on any atom is -0.355 e. The molecule has 1 amide bonds. The average molecular weight is 404 g/mol. The number of carbonyl (C=O) groups is 1. The van der Waals surface area contributed by atoms with Gasteiger partial charge in [0.05, 0.1) is 12.0 Å². The molecular formula is C24H22ClN3O. The topological polar surface area (TPSA) is 44.4 Å². The molecule has 0 radical (unpaired) electrons. The van der Waals surface area contributed by atoms with Crippen molar-refractivity contribution in [2.75, 3.05) is 16.8 Å². The Morgan fingerprint density at radius 3 is 2.62 bits per heavy atom. The monoisotopic (exact) mass is 403 g/mol. The molecule has 29 heavy (non-hydrogen) atoms. The fraction of sp³-hybridized carbons (Fsp3) is 0.208. The van der Waals surface area contributed by atoms with Gasteiger partial charge in [-0.15, -0.1) is 12.4 Å². The molecule has 4 nitrogen and oxygen atoms in total. The molecule has 146 valence electrons. The van der Waals surface area contributed by atoms with Gasteiger partial charge in [-0.2, -0.15) is 0 Å². The van der Waals surface area contributed by atoms with Crippen LogP contribution in [0.4, 0.5) is 17.1 Å². The van der Waals surface area contributed by atoms with Crippen LogP contribution in [0, 0.1) is 0 Å². The molecule has 3 aliphatic heterocycles. The number of amides is 1. The first-order valence-corrected chi connectivity index (χ1v) is 9.92. The van der Waals surface area contributed by atoms with Crippen LogP contribution in [0.15, 0.2) is 66.7 Å². The number of nitrogens with zero attached hydrogens (tertiary/aromatic N) is 1. The van der Waals surface area contributed by atoms with Crippen LogP contribution in [0.1, 0.15) is 34.2 Å². The number of benzene rings is 3. The molecule has 2 unspecified atom stereocenters. The molecule has 3 aliphatic rings. The molecule has 5 heteroatoms. The van der Waals surface area contributed by atoms with Crippen molar-refractivity contribution in [3.8, 4) is 0 Å².